The van der Waals surface area contributed by atoms with Crippen LogP contribution in [0.1, 0.15) is 26.2 Å². The molecule has 35 heavy (non-hydrogen) atoms. The summed E-state index contributed by atoms with van der Waals surface area (Å²) < 4.78 is 16.1. The molecule has 0 aromatic heterocycles. The molecule has 0 radical (unpaired) electrons. The molecule has 0 bridgehead atoms. The van der Waals surface area contributed by atoms with Gasteiger partial charge in [0.25, 0.3) is 0 Å². The Labute approximate surface area is 203 Å². The van der Waals surface area contributed by atoms with Gasteiger partial charge in [0, 0.05) is 49.4 Å². The average molecular weight is 480 g/mol. The molecule has 2 fully saturated rings. The van der Waals surface area contributed by atoms with E-state index >= 15 is 0 Å². The third-order valence-corrected chi connectivity index (χ3v) is 6.75. The molecule has 1 atom stereocenters. The van der Waals surface area contributed by atoms with Gasteiger partial charge in [-0.05, 0) is 56.2 Å². The summed E-state index contributed by atoms with van der Waals surface area (Å²) in [6.45, 7) is 4.07. The van der Waals surface area contributed by atoms with E-state index in [0.717, 1.165) is 11.4 Å². The maximum absolute atomic E-state index is 13.1. The number of likely N-dealkylation sites (tertiary alicyclic amines) is 1. The van der Waals surface area contributed by atoms with Crippen molar-refractivity contribution in [2.45, 2.75) is 26.2 Å². The Hall–Kier alpha value is -3.75. The number of benzene rings is 2. The van der Waals surface area contributed by atoms with E-state index in [9.17, 15) is 14.4 Å². The number of ether oxygens (including phenoxy) is 3. The van der Waals surface area contributed by atoms with Gasteiger partial charge in [0.15, 0.2) is 11.5 Å². The first-order valence-electron chi connectivity index (χ1n) is 12.0. The van der Waals surface area contributed by atoms with Gasteiger partial charge in [0.2, 0.25) is 24.5 Å². The van der Waals surface area contributed by atoms with Gasteiger partial charge in [-0.15, -0.1) is 0 Å². The second kappa shape index (κ2) is 9.85. The molecule has 1 N–H and O–H groups in total. The van der Waals surface area contributed by atoms with Crippen molar-refractivity contribution in [3.63, 3.8) is 0 Å². The number of hydrogen-bond donors (Lipinski definition) is 1. The predicted molar refractivity (Wildman–Crippen MR) is 129 cm³/mol. The molecule has 0 unspecified atom stereocenters. The van der Waals surface area contributed by atoms with Gasteiger partial charge in [0.1, 0.15) is 5.75 Å². The van der Waals surface area contributed by atoms with E-state index in [4.69, 9.17) is 14.2 Å². The van der Waals surface area contributed by atoms with Crippen LogP contribution in [-0.4, -0.2) is 55.7 Å². The molecule has 0 aliphatic carbocycles. The van der Waals surface area contributed by atoms with Gasteiger partial charge in [0.05, 0.1) is 12.5 Å². The van der Waals surface area contributed by atoms with Crippen LogP contribution < -0.4 is 24.4 Å². The maximum atomic E-state index is 13.1. The van der Waals surface area contributed by atoms with Crippen molar-refractivity contribution in [3.8, 4) is 17.2 Å². The molecule has 3 aliphatic heterocycles. The molecular formula is C26H29N3O6. The molecule has 9 heteroatoms. The number of hydrogen-bond acceptors (Lipinski definition) is 6. The largest absolute Gasteiger partial charge is 0.494 e. The maximum Gasteiger partial charge on any atom is 0.231 e. The molecule has 2 aromatic rings. The van der Waals surface area contributed by atoms with E-state index in [2.05, 4.69) is 5.32 Å². The summed E-state index contributed by atoms with van der Waals surface area (Å²) in [5.41, 5.74) is 1.43. The standard InChI is InChI=1S/C26H29N3O6/c1-2-33-21-6-4-20(5-7-21)29-15-18(13-24(29)30)26(32)28-11-9-17(10-12-28)25(31)27-19-3-8-22-23(14-19)35-16-34-22/h3-8,14,17-18H,2,9-13,15-16H2,1H3,(H,27,31)/t18-/m0/s1. The molecule has 3 amide bonds. The fraction of sp³-hybridized carbons (Fsp3) is 0.423. The average Bonchev–Trinajstić information content (AvgIpc) is 3.50. The van der Waals surface area contributed by atoms with E-state index in [-0.39, 0.29) is 42.8 Å². The molecular weight excluding hydrogens is 450 g/mol. The minimum atomic E-state index is -0.368. The fourth-order valence-corrected chi connectivity index (χ4v) is 4.85. The van der Waals surface area contributed by atoms with Gasteiger partial charge in [-0.1, -0.05) is 0 Å². The molecule has 9 nitrogen and oxygen atoms in total. The lowest BCUT2D eigenvalue weighted by molar-refractivity contribution is -0.138. The van der Waals surface area contributed by atoms with Gasteiger partial charge >= 0.3 is 0 Å². The number of fused-ring (bicyclic) bond motifs is 1. The lowest BCUT2D eigenvalue weighted by atomic mass is 9.94. The summed E-state index contributed by atoms with van der Waals surface area (Å²) in [6, 6.07) is 12.7. The van der Waals surface area contributed by atoms with Crippen molar-refractivity contribution in [2.24, 2.45) is 11.8 Å². The first-order chi connectivity index (χ1) is 17.0. The molecule has 2 aromatic carbocycles. The van der Waals surface area contributed by atoms with Crippen molar-refractivity contribution in [2.75, 3.05) is 43.3 Å². The minimum absolute atomic E-state index is 0.0126. The molecule has 2 saturated heterocycles. The summed E-state index contributed by atoms with van der Waals surface area (Å²) in [5.74, 6) is 1.37. The number of piperidine rings is 1. The van der Waals surface area contributed by atoms with E-state index in [1.54, 1.807) is 28.0 Å². The van der Waals surface area contributed by atoms with Crippen LogP contribution in [-0.2, 0) is 14.4 Å². The van der Waals surface area contributed by atoms with Gasteiger partial charge in [-0.3, -0.25) is 14.4 Å². The second-order valence-electron chi connectivity index (χ2n) is 8.99. The Morgan fingerprint density at radius 2 is 1.77 bits per heavy atom. The predicted octanol–water partition coefficient (Wildman–Crippen LogP) is 3.04. The molecule has 0 spiro atoms. The van der Waals surface area contributed by atoms with Crippen LogP contribution in [0, 0.1) is 11.8 Å². The van der Waals surface area contributed by atoms with Gasteiger partial charge in [-0.25, -0.2) is 0 Å². The quantitative estimate of drug-likeness (QED) is 0.684. The molecule has 184 valence electrons. The number of nitrogens with zero attached hydrogens (tertiary/aromatic N) is 2. The van der Waals surface area contributed by atoms with Gasteiger partial charge in [-0.2, -0.15) is 0 Å². The zero-order valence-electron chi connectivity index (χ0n) is 19.7. The molecule has 5 rings (SSSR count). The monoisotopic (exact) mass is 479 g/mol. The van der Waals surface area contributed by atoms with Crippen LogP contribution in [0.4, 0.5) is 11.4 Å². The van der Waals surface area contributed by atoms with E-state index in [0.29, 0.717) is 56.3 Å². The zero-order valence-corrected chi connectivity index (χ0v) is 19.7. The highest BCUT2D eigenvalue weighted by atomic mass is 16.7. The molecule has 0 saturated carbocycles. The number of carbonyl (C=O) groups excluding carboxylic acids is 3. The van der Waals surface area contributed by atoms with Crippen molar-refractivity contribution in [1.82, 2.24) is 4.90 Å². The van der Waals surface area contributed by atoms with Crippen LogP contribution in [0.25, 0.3) is 0 Å². The van der Waals surface area contributed by atoms with E-state index in [1.165, 1.54) is 0 Å². The number of nitrogens with one attached hydrogen (secondary N) is 1. The third-order valence-electron chi connectivity index (χ3n) is 6.75. The minimum Gasteiger partial charge on any atom is -0.494 e. The summed E-state index contributed by atoms with van der Waals surface area (Å²) >= 11 is 0. The third kappa shape index (κ3) is 4.89. The zero-order chi connectivity index (χ0) is 24.4. The normalized spacial score (nSPS) is 19.7. The SMILES string of the molecule is CCOc1ccc(N2C[C@@H](C(=O)N3CCC(C(=O)Nc4ccc5c(c4)OCO5)CC3)CC2=O)cc1. The highest BCUT2D eigenvalue weighted by Gasteiger charge is 2.38. The van der Waals surface area contributed by atoms with Crippen LogP contribution in [0.3, 0.4) is 0 Å². The topological polar surface area (TPSA) is 97.4 Å². The Kier molecular flexibility index (Phi) is 6.48. The summed E-state index contributed by atoms with van der Waals surface area (Å²) in [5, 5.41) is 2.94. The van der Waals surface area contributed by atoms with Gasteiger partial charge < -0.3 is 29.3 Å². The number of carbonyl (C=O) groups is 3. The van der Waals surface area contributed by atoms with E-state index in [1.807, 2.05) is 31.2 Å². The highest BCUT2D eigenvalue weighted by Crippen LogP contribution is 2.35. The number of amides is 3. The smallest absolute Gasteiger partial charge is 0.231 e. The Morgan fingerprint density at radius 3 is 2.51 bits per heavy atom. The first kappa shape index (κ1) is 23.0. The van der Waals surface area contributed by atoms with Crippen LogP contribution in [0.2, 0.25) is 0 Å². The second-order valence-corrected chi connectivity index (χ2v) is 8.99. The number of rotatable bonds is 6. The summed E-state index contributed by atoms with van der Waals surface area (Å²) in [7, 11) is 0. The van der Waals surface area contributed by atoms with E-state index < -0.39 is 0 Å². The van der Waals surface area contributed by atoms with Crippen LogP contribution in [0.5, 0.6) is 17.2 Å². The van der Waals surface area contributed by atoms with Crippen LogP contribution in [0.15, 0.2) is 42.5 Å². The van der Waals surface area contributed by atoms with Crippen LogP contribution >= 0.6 is 0 Å². The highest BCUT2D eigenvalue weighted by molar-refractivity contribution is 6.00. The molecule has 3 heterocycles. The van der Waals surface area contributed by atoms with Crippen molar-refractivity contribution >= 4 is 29.1 Å². The Bertz CT molecular complexity index is 1110. The lowest BCUT2D eigenvalue weighted by Crippen LogP contribution is -2.44. The summed E-state index contributed by atoms with van der Waals surface area (Å²) in [4.78, 5) is 42.0. The summed E-state index contributed by atoms with van der Waals surface area (Å²) in [6.07, 6.45) is 1.38. The Balaban J connectivity index is 1.13. The fourth-order valence-electron chi connectivity index (χ4n) is 4.85. The Morgan fingerprint density at radius 1 is 1.03 bits per heavy atom. The van der Waals surface area contributed by atoms with Crippen molar-refractivity contribution in [3.05, 3.63) is 42.5 Å². The van der Waals surface area contributed by atoms with Crippen molar-refractivity contribution < 1.29 is 28.6 Å². The lowest BCUT2D eigenvalue weighted by Gasteiger charge is -2.33. The number of anilines is 2. The first-order valence-corrected chi connectivity index (χ1v) is 12.0. The molecule has 3 aliphatic rings. The van der Waals surface area contributed by atoms with Crippen molar-refractivity contribution in [1.29, 1.82) is 0 Å².